The quantitative estimate of drug-likeness (QED) is 0.529. The van der Waals surface area contributed by atoms with Crippen LogP contribution in [0.15, 0.2) is 18.2 Å². The van der Waals surface area contributed by atoms with E-state index in [2.05, 4.69) is 5.32 Å². The summed E-state index contributed by atoms with van der Waals surface area (Å²) in [5.41, 5.74) is -2.02. The molecule has 0 aliphatic heterocycles. The molecule has 1 unspecified atom stereocenters. The Morgan fingerprint density at radius 2 is 1.94 bits per heavy atom. The third-order valence-corrected chi connectivity index (χ3v) is 3.12. The van der Waals surface area contributed by atoms with Crippen LogP contribution >= 0.6 is 0 Å². The molecule has 1 atom stereocenters. The van der Waals surface area contributed by atoms with Gasteiger partial charge in [0.2, 0.25) is 0 Å². The molecule has 0 saturated heterocycles. The lowest BCUT2D eigenvalue weighted by Crippen LogP contribution is -2.59. The van der Waals surface area contributed by atoms with Gasteiger partial charge in [-0.1, -0.05) is 6.07 Å². The highest BCUT2D eigenvalue weighted by Gasteiger charge is 2.38. The third kappa shape index (κ3) is 3.22. The minimum atomic E-state index is -1.27. The first-order chi connectivity index (χ1) is 8.19. The fourth-order valence-electron chi connectivity index (χ4n) is 1.24. The van der Waals surface area contributed by atoms with Crippen LogP contribution in [0.3, 0.4) is 0 Å². The molecule has 0 bridgehead atoms. The monoisotopic (exact) mass is 254 g/mol. The average molecular weight is 254 g/mol. The van der Waals surface area contributed by atoms with Crippen LogP contribution in [-0.4, -0.2) is 36.1 Å². The lowest BCUT2D eigenvalue weighted by molar-refractivity contribution is -0.119. The molecule has 99 valence electrons. The molecule has 1 aromatic carbocycles. The number of rotatable bonds is 5. The molecule has 0 aromatic heterocycles. The van der Waals surface area contributed by atoms with E-state index in [1.807, 2.05) is 0 Å². The molecule has 0 spiro atoms. The normalized spacial score (nSPS) is 15.2. The molecule has 0 heterocycles. The van der Waals surface area contributed by atoms with Gasteiger partial charge in [0.05, 0.1) is 5.60 Å². The minimum absolute atomic E-state index is 0.147. The van der Waals surface area contributed by atoms with E-state index in [0.29, 0.717) is 0 Å². The van der Waals surface area contributed by atoms with E-state index < -0.39 is 17.1 Å². The molecular weight excluding hydrogens is 236 g/mol. The van der Waals surface area contributed by atoms with E-state index in [-0.39, 0.29) is 11.2 Å². The molecule has 0 amide bonds. The predicted molar refractivity (Wildman–Crippen MR) is 68.3 cm³/mol. The number of aromatic hydroxyl groups is 1. The van der Waals surface area contributed by atoms with Gasteiger partial charge in [0, 0.05) is 6.07 Å². The van der Waals surface area contributed by atoms with Gasteiger partial charge in [0.15, 0.2) is 0 Å². The number of hydrogen-bond acceptors (Lipinski definition) is 4. The molecular formula is C12H18BFNO3. The summed E-state index contributed by atoms with van der Waals surface area (Å²) in [4.78, 5) is 0. The molecule has 1 rings (SSSR count). The van der Waals surface area contributed by atoms with Crippen molar-refractivity contribution in [2.75, 3.05) is 7.05 Å². The van der Waals surface area contributed by atoms with E-state index in [4.69, 9.17) is 9.76 Å². The van der Waals surface area contributed by atoms with Crippen molar-refractivity contribution in [3.8, 4) is 5.75 Å². The number of hydrogen-bond donors (Lipinski definition) is 3. The van der Waals surface area contributed by atoms with E-state index in [0.717, 1.165) is 6.07 Å². The Morgan fingerprint density at radius 1 is 1.33 bits per heavy atom. The van der Waals surface area contributed by atoms with Crippen molar-refractivity contribution in [2.45, 2.75) is 32.1 Å². The first-order valence-corrected chi connectivity index (χ1v) is 5.60. The Kier molecular flexibility index (Phi) is 4.37. The van der Waals surface area contributed by atoms with E-state index in [1.54, 1.807) is 27.8 Å². The van der Waals surface area contributed by atoms with Crippen LogP contribution in [0.2, 0.25) is 0 Å². The molecule has 0 fully saturated rings. The van der Waals surface area contributed by atoms with Crippen LogP contribution in [0, 0.1) is 5.82 Å². The van der Waals surface area contributed by atoms with Gasteiger partial charge in [0.1, 0.15) is 17.3 Å². The van der Waals surface area contributed by atoms with Crippen LogP contribution in [0.5, 0.6) is 5.75 Å². The average Bonchev–Trinajstić information content (AvgIpc) is 2.27. The molecule has 0 aliphatic rings. The van der Waals surface area contributed by atoms with Gasteiger partial charge in [0.25, 0.3) is 0 Å². The number of benzene rings is 1. The second-order valence-electron chi connectivity index (χ2n) is 4.77. The highest BCUT2D eigenvalue weighted by atomic mass is 19.1. The predicted octanol–water partition coefficient (Wildman–Crippen LogP) is 0.499. The Bertz CT molecular complexity index is 424. The number of halogens is 1. The topological polar surface area (TPSA) is 61.7 Å². The first-order valence-electron chi connectivity index (χ1n) is 5.60. The summed E-state index contributed by atoms with van der Waals surface area (Å²) in [6, 6.07) is 3.76. The van der Waals surface area contributed by atoms with Gasteiger partial charge < -0.3 is 14.9 Å². The molecule has 18 heavy (non-hydrogen) atoms. The standard InChI is InChI=1S/C12H18BFNO3/c1-11(2,12(3,17)15-4)18-13-9-6-5-8(16)7-10(9)14/h5-7,15-17H,1-4H3. The van der Waals surface area contributed by atoms with Gasteiger partial charge in [-0.05, 0) is 39.3 Å². The third-order valence-electron chi connectivity index (χ3n) is 3.12. The van der Waals surface area contributed by atoms with Gasteiger partial charge in [-0.3, -0.25) is 5.32 Å². The lowest BCUT2D eigenvalue weighted by Gasteiger charge is -2.40. The van der Waals surface area contributed by atoms with Gasteiger partial charge in [-0.2, -0.15) is 0 Å². The summed E-state index contributed by atoms with van der Waals surface area (Å²) in [6.07, 6.45) is 0. The highest BCUT2D eigenvalue weighted by Crippen LogP contribution is 2.22. The largest absolute Gasteiger partial charge is 0.508 e. The number of likely N-dealkylation sites (N-methyl/N-ethyl adjacent to an activating group) is 1. The van der Waals surface area contributed by atoms with Crippen molar-refractivity contribution < 1.29 is 19.3 Å². The van der Waals surface area contributed by atoms with Gasteiger partial charge >= 0.3 is 7.48 Å². The van der Waals surface area contributed by atoms with E-state index in [1.165, 1.54) is 19.6 Å². The second-order valence-corrected chi connectivity index (χ2v) is 4.77. The number of nitrogens with one attached hydrogen (secondary N) is 1. The summed E-state index contributed by atoms with van der Waals surface area (Å²) >= 11 is 0. The van der Waals surface area contributed by atoms with Gasteiger partial charge in [-0.15, -0.1) is 0 Å². The molecule has 1 radical (unpaired) electrons. The Balaban J connectivity index is 2.76. The summed E-state index contributed by atoms with van der Waals surface area (Å²) in [7, 11) is 2.83. The van der Waals surface area contributed by atoms with E-state index >= 15 is 0 Å². The molecule has 4 nitrogen and oxygen atoms in total. The van der Waals surface area contributed by atoms with Crippen molar-refractivity contribution in [2.24, 2.45) is 0 Å². The smallest absolute Gasteiger partial charge is 0.334 e. The summed E-state index contributed by atoms with van der Waals surface area (Å²) in [5.74, 6) is -0.735. The zero-order valence-corrected chi connectivity index (χ0v) is 11.0. The van der Waals surface area contributed by atoms with Crippen LogP contribution in [0.1, 0.15) is 20.8 Å². The first kappa shape index (κ1) is 15.0. The minimum Gasteiger partial charge on any atom is -0.508 e. The molecule has 6 heteroatoms. The van der Waals surface area contributed by atoms with Gasteiger partial charge in [-0.25, -0.2) is 4.39 Å². The number of aliphatic hydroxyl groups is 1. The van der Waals surface area contributed by atoms with E-state index in [9.17, 15) is 9.50 Å². The maximum atomic E-state index is 13.5. The number of phenols is 1. The van der Waals surface area contributed by atoms with Crippen molar-refractivity contribution in [1.29, 1.82) is 0 Å². The maximum absolute atomic E-state index is 13.5. The highest BCUT2D eigenvalue weighted by molar-refractivity contribution is 6.47. The summed E-state index contributed by atoms with van der Waals surface area (Å²) < 4.78 is 18.9. The molecule has 3 N–H and O–H groups in total. The lowest BCUT2D eigenvalue weighted by atomic mass is 9.84. The molecule has 0 saturated carbocycles. The SMILES string of the molecule is CNC(C)(O)C(C)(C)O[B]c1ccc(O)cc1F. The van der Waals surface area contributed by atoms with Crippen molar-refractivity contribution in [3.63, 3.8) is 0 Å². The maximum Gasteiger partial charge on any atom is 0.334 e. The van der Waals surface area contributed by atoms with Crippen molar-refractivity contribution in [1.82, 2.24) is 5.32 Å². The summed E-state index contributed by atoms with van der Waals surface area (Å²) in [6.45, 7) is 4.92. The van der Waals surface area contributed by atoms with Crippen LogP contribution in [-0.2, 0) is 4.65 Å². The summed E-state index contributed by atoms with van der Waals surface area (Å²) in [5, 5.41) is 21.9. The molecule has 1 aromatic rings. The Hall–Kier alpha value is -1.11. The Labute approximate surface area is 107 Å². The van der Waals surface area contributed by atoms with Crippen LogP contribution < -0.4 is 10.8 Å². The second kappa shape index (κ2) is 5.26. The van der Waals surface area contributed by atoms with Crippen molar-refractivity contribution in [3.05, 3.63) is 24.0 Å². The Morgan fingerprint density at radius 3 is 2.44 bits per heavy atom. The van der Waals surface area contributed by atoms with Crippen molar-refractivity contribution >= 4 is 12.9 Å². The molecule has 0 aliphatic carbocycles. The fourth-order valence-corrected chi connectivity index (χ4v) is 1.24. The fraction of sp³-hybridized carbons (Fsp3) is 0.500. The van der Waals surface area contributed by atoms with Crippen LogP contribution in [0.4, 0.5) is 4.39 Å². The zero-order valence-electron chi connectivity index (χ0n) is 11.0. The number of phenolic OH excluding ortho intramolecular Hbond substituents is 1. The van der Waals surface area contributed by atoms with Crippen LogP contribution in [0.25, 0.3) is 0 Å². The zero-order chi connectivity index (χ0) is 14.0.